The molecule has 0 aromatic heterocycles. The van der Waals surface area contributed by atoms with E-state index in [0.717, 1.165) is 17.2 Å². The van der Waals surface area contributed by atoms with Gasteiger partial charge in [-0.15, -0.1) is 0 Å². The number of rotatable bonds is 5. The van der Waals surface area contributed by atoms with Crippen LogP contribution in [0.25, 0.3) is 0 Å². The first kappa shape index (κ1) is 23.0. The zero-order valence-electron chi connectivity index (χ0n) is 17.5. The van der Waals surface area contributed by atoms with Crippen LogP contribution in [0.4, 0.5) is 10.1 Å². The van der Waals surface area contributed by atoms with Gasteiger partial charge in [-0.05, 0) is 41.4 Å². The van der Waals surface area contributed by atoms with E-state index in [9.17, 15) is 14.0 Å². The van der Waals surface area contributed by atoms with Crippen molar-refractivity contribution in [2.24, 2.45) is 5.73 Å². The number of likely N-dealkylation sites (tertiary alicyclic amines) is 1. The summed E-state index contributed by atoms with van der Waals surface area (Å²) in [6.45, 7) is 4.66. The Morgan fingerprint density at radius 1 is 1.26 bits per heavy atom. The Morgan fingerprint density at radius 2 is 1.90 bits per heavy atom. The maximum atomic E-state index is 14.2. The molecule has 0 saturated carbocycles. The number of halogens is 2. The summed E-state index contributed by atoms with van der Waals surface area (Å²) in [5.41, 5.74) is 6.80. The summed E-state index contributed by atoms with van der Waals surface area (Å²) in [6, 6.07) is 9.94. The normalized spacial score (nSPS) is 14.7. The lowest BCUT2D eigenvalue weighted by Crippen LogP contribution is -2.67. The maximum absolute atomic E-state index is 14.2. The van der Waals surface area contributed by atoms with Gasteiger partial charge in [-0.2, -0.15) is 0 Å². The van der Waals surface area contributed by atoms with E-state index in [1.54, 1.807) is 4.90 Å². The molecule has 4 N–H and O–H groups in total. The SMILES string of the molecule is CNC(=O)c1cc(Cl)c(F)cc1NC(=O)C1(c2ccccc2C(C)C)CN(C(N)=S)C1. The predicted molar refractivity (Wildman–Crippen MR) is 124 cm³/mol. The lowest BCUT2D eigenvalue weighted by atomic mass is 9.70. The monoisotopic (exact) mass is 462 g/mol. The molecule has 1 saturated heterocycles. The summed E-state index contributed by atoms with van der Waals surface area (Å²) in [6.07, 6.45) is 0. The van der Waals surface area contributed by atoms with Crippen molar-refractivity contribution in [2.45, 2.75) is 25.2 Å². The van der Waals surface area contributed by atoms with E-state index in [0.29, 0.717) is 0 Å². The molecule has 0 aliphatic carbocycles. The number of nitrogens with two attached hydrogens (primary N) is 1. The molecule has 2 aromatic carbocycles. The van der Waals surface area contributed by atoms with Crippen LogP contribution in [0.2, 0.25) is 5.02 Å². The molecule has 9 heteroatoms. The van der Waals surface area contributed by atoms with Gasteiger partial charge in [-0.1, -0.05) is 49.7 Å². The molecule has 0 bridgehead atoms. The number of hydrogen-bond acceptors (Lipinski definition) is 3. The Labute approximate surface area is 190 Å². The van der Waals surface area contributed by atoms with Crippen LogP contribution in [0.3, 0.4) is 0 Å². The lowest BCUT2D eigenvalue weighted by molar-refractivity contribution is -0.126. The molecule has 1 heterocycles. The summed E-state index contributed by atoms with van der Waals surface area (Å²) in [5.74, 6) is -1.43. The van der Waals surface area contributed by atoms with Crippen molar-refractivity contribution in [1.82, 2.24) is 10.2 Å². The van der Waals surface area contributed by atoms with Crippen molar-refractivity contribution in [1.29, 1.82) is 0 Å². The number of thiocarbonyl (C=S) groups is 1. The summed E-state index contributed by atoms with van der Waals surface area (Å²) < 4.78 is 14.2. The van der Waals surface area contributed by atoms with Crippen LogP contribution >= 0.6 is 23.8 Å². The number of carbonyl (C=O) groups is 2. The van der Waals surface area contributed by atoms with Crippen molar-refractivity contribution in [2.75, 3.05) is 25.5 Å². The van der Waals surface area contributed by atoms with E-state index in [1.807, 2.05) is 38.1 Å². The largest absolute Gasteiger partial charge is 0.376 e. The summed E-state index contributed by atoms with van der Waals surface area (Å²) in [4.78, 5) is 27.6. The molecule has 2 aromatic rings. The zero-order chi connectivity index (χ0) is 22.9. The minimum Gasteiger partial charge on any atom is -0.376 e. The van der Waals surface area contributed by atoms with Crippen LogP contribution in [-0.2, 0) is 10.2 Å². The minimum atomic E-state index is -0.958. The number of nitrogens with zero attached hydrogens (tertiary/aromatic N) is 1. The van der Waals surface area contributed by atoms with E-state index in [-0.39, 0.29) is 46.3 Å². The fourth-order valence-electron chi connectivity index (χ4n) is 3.85. The molecule has 0 unspecified atom stereocenters. The van der Waals surface area contributed by atoms with Crippen molar-refractivity contribution in [3.05, 3.63) is 63.9 Å². The first-order valence-corrected chi connectivity index (χ1v) is 10.6. The van der Waals surface area contributed by atoms with Gasteiger partial charge < -0.3 is 21.3 Å². The van der Waals surface area contributed by atoms with Crippen LogP contribution in [0.15, 0.2) is 36.4 Å². The molecule has 0 spiro atoms. The van der Waals surface area contributed by atoms with Crippen LogP contribution in [0.1, 0.15) is 41.3 Å². The summed E-state index contributed by atoms with van der Waals surface area (Å²) >= 11 is 10.9. The highest BCUT2D eigenvalue weighted by Crippen LogP contribution is 2.40. The Kier molecular flexibility index (Phi) is 6.52. The van der Waals surface area contributed by atoms with E-state index in [1.165, 1.54) is 13.1 Å². The average molecular weight is 463 g/mol. The van der Waals surface area contributed by atoms with Gasteiger partial charge in [0.2, 0.25) is 5.91 Å². The first-order chi connectivity index (χ1) is 14.6. The third kappa shape index (κ3) is 4.22. The molecular weight excluding hydrogens is 439 g/mol. The molecule has 164 valence electrons. The van der Waals surface area contributed by atoms with E-state index < -0.39 is 17.1 Å². The van der Waals surface area contributed by atoms with Gasteiger partial charge in [0.05, 0.1) is 16.3 Å². The fraction of sp³-hybridized carbons (Fsp3) is 0.318. The number of nitrogens with one attached hydrogen (secondary N) is 2. The zero-order valence-corrected chi connectivity index (χ0v) is 19.0. The second-order valence-corrected chi connectivity index (χ2v) is 8.69. The minimum absolute atomic E-state index is 0.0430. The fourth-order valence-corrected chi connectivity index (χ4v) is 4.14. The standard InChI is InChI=1S/C22H24ClFN4O2S/c1-12(2)13-6-4-5-7-15(13)22(10-28(11-22)21(25)31)20(30)27-18-9-17(24)16(23)8-14(18)19(29)26-3/h4-9,12H,10-11H2,1-3H3,(H2,25,31)(H,26,29)(H,27,30). The molecule has 31 heavy (non-hydrogen) atoms. The Balaban J connectivity index is 2.06. The number of anilines is 1. The third-order valence-corrected chi connectivity index (χ3v) is 6.09. The van der Waals surface area contributed by atoms with E-state index >= 15 is 0 Å². The van der Waals surface area contributed by atoms with Crippen molar-refractivity contribution < 1.29 is 14.0 Å². The second kappa shape index (κ2) is 8.80. The molecule has 0 radical (unpaired) electrons. The molecule has 1 aliphatic rings. The topological polar surface area (TPSA) is 87.5 Å². The van der Waals surface area contributed by atoms with Gasteiger partial charge in [0.15, 0.2) is 5.11 Å². The van der Waals surface area contributed by atoms with Crippen molar-refractivity contribution >= 4 is 46.4 Å². The Hall–Kier alpha value is -2.71. The van der Waals surface area contributed by atoms with Gasteiger partial charge in [0.25, 0.3) is 5.91 Å². The number of hydrogen-bond donors (Lipinski definition) is 3. The maximum Gasteiger partial charge on any atom is 0.253 e. The van der Waals surface area contributed by atoms with Crippen molar-refractivity contribution in [3.8, 4) is 0 Å². The van der Waals surface area contributed by atoms with Crippen LogP contribution in [0, 0.1) is 5.82 Å². The molecule has 2 amide bonds. The first-order valence-electron chi connectivity index (χ1n) is 9.77. The second-order valence-electron chi connectivity index (χ2n) is 7.86. The summed E-state index contributed by atoms with van der Waals surface area (Å²) in [7, 11) is 1.44. The molecule has 1 fully saturated rings. The molecule has 1 aliphatic heterocycles. The molecule has 3 rings (SSSR count). The Bertz CT molecular complexity index is 1050. The lowest BCUT2D eigenvalue weighted by Gasteiger charge is -2.50. The smallest absolute Gasteiger partial charge is 0.253 e. The van der Waals surface area contributed by atoms with Crippen LogP contribution in [-0.4, -0.2) is 42.0 Å². The van der Waals surface area contributed by atoms with E-state index in [4.69, 9.17) is 29.6 Å². The van der Waals surface area contributed by atoms with Gasteiger partial charge >= 0.3 is 0 Å². The van der Waals surface area contributed by atoms with E-state index in [2.05, 4.69) is 10.6 Å². The molecule has 0 atom stereocenters. The van der Waals surface area contributed by atoms with Gasteiger partial charge in [-0.3, -0.25) is 9.59 Å². The van der Waals surface area contributed by atoms with Gasteiger partial charge in [0.1, 0.15) is 11.2 Å². The highest BCUT2D eigenvalue weighted by molar-refractivity contribution is 7.80. The van der Waals surface area contributed by atoms with Crippen molar-refractivity contribution in [3.63, 3.8) is 0 Å². The number of amides is 2. The van der Waals surface area contributed by atoms with Crippen LogP contribution in [0.5, 0.6) is 0 Å². The van der Waals surface area contributed by atoms with Crippen LogP contribution < -0.4 is 16.4 Å². The van der Waals surface area contributed by atoms with Gasteiger partial charge in [-0.25, -0.2) is 4.39 Å². The van der Waals surface area contributed by atoms with Gasteiger partial charge in [0, 0.05) is 20.1 Å². The molecule has 6 nitrogen and oxygen atoms in total. The highest BCUT2D eigenvalue weighted by atomic mass is 35.5. The Morgan fingerprint density at radius 3 is 2.48 bits per heavy atom. The highest BCUT2D eigenvalue weighted by Gasteiger charge is 2.52. The number of benzene rings is 2. The third-order valence-electron chi connectivity index (χ3n) is 5.55. The predicted octanol–water partition coefficient (Wildman–Crippen LogP) is 3.40. The molecular formula is C22H24ClFN4O2S. The quantitative estimate of drug-likeness (QED) is 0.593. The number of carbonyl (C=O) groups excluding carboxylic acids is 2. The average Bonchev–Trinajstić information content (AvgIpc) is 2.69. The summed E-state index contributed by atoms with van der Waals surface area (Å²) in [5, 5.41) is 5.22.